The molecule has 0 heterocycles. The summed E-state index contributed by atoms with van der Waals surface area (Å²) in [5.74, 6) is 0. The van der Waals surface area contributed by atoms with Crippen molar-refractivity contribution in [2.24, 2.45) is 0 Å². The van der Waals surface area contributed by atoms with Crippen LogP contribution in [0.5, 0.6) is 0 Å². The third-order valence-electron chi connectivity index (χ3n) is 14.2. The maximum atomic E-state index is 2.51. The topological polar surface area (TPSA) is 3.24 Å². The van der Waals surface area contributed by atoms with Crippen molar-refractivity contribution in [3.05, 3.63) is 293 Å². The summed E-state index contributed by atoms with van der Waals surface area (Å²) in [6.07, 6.45) is 0. The third-order valence-corrected chi connectivity index (χ3v) is 14.2. The van der Waals surface area contributed by atoms with Gasteiger partial charge in [0.25, 0.3) is 0 Å². The average molecular weight is 800 g/mol. The maximum absolute atomic E-state index is 2.51. The van der Waals surface area contributed by atoms with Crippen LogP contribution in [-0.4, -0.2) is 0 Å². The molecular formula is C62H41N. The van der Waals surface area contributed by atoms with Crippen molar-refractivity contribution < 1.29 is 0 Å². The van der Waals surface area contributed by atoms with Crippen LogP contribution in [0.1, 0.15) is 44.5 Å². The van der Waals surface area contributed by atoms with Gasteiger partial charge in [0.15, 0.2) is 0 Å². The van der Waals surface area contributed by atoms with E-state index in [1.807, 2.05) is 0 Å². The lowest BCUT2D eigenvalue weighted by Gasteiger charge is -2.48. The molecule has 3 aliphatic rings. The Bertz CT molecular complexity index is 3370. The zero-order valence-corrected chi connectivity index (χ0v) is 34.6. The standard InChI is InChI=1S/C62H41N/c1-4-17-42(18-5-1)43-31-33-44(34-32-43)45-35-37-48(38-36-45)63(47-21-8-3-9-22-47)49-39-40-52-50-23-10-13-27-55(50)62(59(52)41-49)57-29-15-14-28-56(57)61(46-19-6-2-7-20-46)54-26-12-11-24-51(54)53-25-16-30-58(62)60(53)61/h1-41H. The summed E-state index contributed by atoms with van der Waals surface area (Å²) in [5.41, 5.74) is 23.1. The van der Waals surface area contributed by atoms with Crippen LogP contribution < -0.4 is 4.90 Å². The molecule has 0 aromatic heterocycles. The van der Waals surface area contributed by atoms with Gasteiger partial charge in [0.05, 0.1) is 10.8 Å². The SMILES string of the molecule is c1ccc(-c2ccc(-c3ccc(N(c4ccccc4)c4ccc5c(c4)C4(c6ccccc6-5)c5ccccc5C5(c6ccccc6)c6ccccc6-c6cccc4c65)cc3)cc2)cc1. The van der Waals surface area contributed by atoms with E-state index >= 15 is 0 Å². The number of fused-ring (bicyclic) bond motifs is 12. The van der Waals surface area contributed by atoms with Gasteiger partial charge in [-0.05, 0) is 125 Å². The van der Waals surface area contributed by atoms with Gasteiger partial charge >= 0.3 is 0 Å². The predicted molar refractivity (Wildman–Crippen MR) is 260 cm³/mol. The molecule has 10 aromatic carbocycles. The van der Waals surface area contributed by atoms with Crippen LogP contribution >= 0.6 is 0 Å². The summed E-state index contributed by atoms with van der Waals surface area (Å²) in [7, 11) is 0. The van der Waals surface area contributed by atoms with Gasteiger partial charge < -0.3 is 4.90 Å². The molecule has 0 saturated carbocycles. The lowest BCUT2D eigenvalue weighted by atomic mass is 9.52. The van der Waals surface area contributed by atoms with Gasteiger partial charge in [-0.15, -0.1) is 0 Å². The van der Waals surface area contributed by atoms with Crippen molar-refractivity contribution in [3.63, 3.8) is 0 Å². The largest absolute Gasteiger partial charge is 0.310 e. The van der Waals surface area contributed by atoms with E-state index in [0.29, 0.717) is 0 Å². The van der Waals surface area contributed by atoms with Crippen LogP contribution in [0, 0.1) is 0 Å². The molecular weight excluding hydrogens is 759 g/mol. The highest BCUT2D eigenvalue weighted by atomic mass is 15.1. The van der Waals surface area contributed by atoms with Crippen molar-refractivity contribution in [2.75, 3.05) is 4.90 Å². The molecule has 13 rings (SSSR count). The fourth-order valence-corrected chi connectivity index (χ4v) is 11.7. The minimum atomic E-state index is -0.567. The molecule has 3 aliphatic carbocycles. The molecule has 1 heteroatoms. The number of hydrogen-bond acceptors (Lipinski definition) is 1. The molecule has 0 amide bonds. The Morgan fingerprint density at radius 3 is 1.30 bits per heavy atom. The summed E-state index contributed by atoms with van der Waals surface area (Å²) in [5, 5.41) is 0. The molecule has 1 spiro atoms. The highest BCUT2D eigenvalue weighted by Gasteiger charge is 2.59. The van der Waals surface area contributed by atoms with Crippen LogP contribution in [0.25, 0.3) is 44.5 Å². The Labute approximate surface area is 368 Å². The van der Waals surface area contributed by atoms with Crippen LogP contribution in [0.3, 0.4) is 0 Å². The quantitative estimate of drug-likeness (QED) is 0.162. The molecule has 0 bridgehead atoms. The summed E-state index contributed by atoms with van der Waals surface area (Å²) in [6, 6.07) is 92.6. The molecule has 0 saturated heterocycles. The van der Waals surface area contributed by atoms with Gasteiger partial charge in [-0.25, -0.2) is 0 Å². The zero-order chi connectivity index (χ0) is 41.5. The fraction of sp³-hybridized carbons (Fsp3) is 0.0323. The first-order chi connectivity index (χ1) is 31.3. The summed E-state index contributed by atoms with van der Waals surface area (Å²) < 4.78 is 0. The molecule has 2 unspecified atom stereocenters. The summed E-state index contributed by atoms with van der Waals surface area (Å²) in [6.45, 7) is 0. The van der Waals surface area contributed by atoms with Gasteiger partial charge in [0.2, 0.25) is 0 Å². The Morgan fingerprint density at radius 1 is 0.238 bits per heavy atom. The van der Waals surface area contributed by atoms with Gasteiger partial charge in [0, 0.05) is 17.1 Å². The molecule has 0 radical (unpaired) electrons. The van der Waals surface area contributed by atoms with Crippen molar-refractivity contribution in [1.82, 2.24) is 0 Å². The molecule has 2 atom stereocenters. The van der Waals surface area contributed by atoms with Gasteiger partial charge in [-0.3, -0.25) is 0 Å². The monoisotopic (exact) mass is 799 g/mol. The average Bonchev–Trinajstić information content (AvgIpc) is 3.83. The number of rotatable bonds is 6. The summed E-state index contributed by atoms with van der Waals surface area (Å²) >= 11 is 0. The number of para-hydroxylation sites is 1. The van der Waals surface area contributed by atoms with E-state index < -0.39 is 10.8 Å². The Kier molecular flexibility index (Phi) is 7.80. The van der Waals surface area contributed by atoms with Gasteiger partial charge in [-0.1, -0.05) is 212 Å². The molecule has 63 heavy (non-hydrogen) atoms. The van der Waals surface area contributed by atoms with Crippen molar-refractivity contribution >= 4 is 17.1 Å². The van der Waals surface area contributed by atoms with Crippen molar-refractivity contribution in [2.45, 2.75) is 10.8 Å². The first-order valence-electron chi connectivity index (χ1n) is 22.0. The number of anilines is 3. The molecule has 10 aromatic rings. The minimum absolute atomic E-state index is 0.472. The second-order valence-electron chi connectivity index (χ2n) is 17.1. The highest BCUT2D eigenvalue weighted by Crippen LogP contribution is 2.68. The van der Waals surface area contributed by atoms with E-state index in [1.165, 1.54) is 89.0 Å². The van der Waals surface area contributed by atoms with Crippen LogP contribution in [0.4, 0.5) is 17.1 Å². The Hall–Kier alpha value is -8.00. The van der Waals surface area contributed by atoms with Crippen LogP contribution in [-0.2, 0) is 10.8 Å². The van der Waals surface area contributed by atoms with Gasteiger partial charge in [0.1, 0.15) is 0 Å². The zero-order valence-electron chi connectivity index (χ0n) is 34.6. The number of hydrogen-bond donors (Lipinski definition) is 0. The van der Waals surface area contributed by atoms with Crippen LogP contribution in [0.2, 0.25) is 0 Å². The third kappa shape index (κ3) is 4.94. The minimum Gasteiger partial charge on any atom is -0.310 e. The number of nitrogens with zero attached hydrogens (tertiary/aromatic N) is 1. The first kappa shape index (κ1) is 35.7. The lowest BCUT2D eigenvalue weighted by Crippen LogP contribution is -2.43. The Morgan fingerprint density at radius 2 is 0.651 bits per heavy atom. The van der Waals surface area contributed by atoms with Crippen molar-refractivity contribution in [3.8, 4) is 44.5 Å². The predicted octanol–water partition coefficient (Wildman–Crippen LogP) is 15.5. The maximum Gasteiger partial charge on any atom is 0.0720 e. The normalized spacial score (nSPS) is 17.0. The molecule has 0 N–H and O–H groups in total. The van der Waals surface area contributed by atoms with E-state index in [4.69, 9.17) is 0 Å². The van der Waals surface area contributed by atoms with E-state index in [-0.39, 0.29) is 0 Å². The van der Waals surface area contributed by atoms with E-state index in [1.54, 1.807) is 0 Å². The molecule has 294 valence electrons. The first-order valence-corrected chi connectivity index (χ1v) is 22.0. The highest BCUT2D eigenvalue weighted by molar-refractivity contribution is 5.96. The van der Waals surface area contributed by atoms with Crippen LogP contribution in [0.15, 0.2) is 249 Å². The second-order valence-corrected chi connectivity index (χ2v) is 17.1. The lowest BCUT2D eigenvalue weighted by molar-refractivity contribution is 0.636. The van der Waals surface area contributed by atoms with E-state index in [2.05, 4.69) is 254 Å². The van der Waals surface area contributed by atoms with Crippen molar-refractivity contribution in [1.29, 1.82) is 0 Å². The summed E-state index contributed by atoms with van der Waals surface area (Å²) in [4.78, 5) is 2.42. The Balaban J connectivity index is 1.03. The van der Waals surface area contributed by atoms with E-state index in [0.717, 1.165) is 17.1 Å². The smallest absolute Gasteiger partial charge is 0.0720 e. The fourth-order valence-electron chi connectivity index (χ4n) is 11.7. The van der Waals surface area contributed by atoms with Gasteiger partial charge in [-0.2, -0.15) is 0 Å². The molecule has 0 aliphatic heterocycles. The molecule has 0 fully saturated rings. The number of benzene rings is 10. The molecule has 1 nitrogen and oxygen atoms in total. The van der Waals surface area contributed by atoms with E-state index in [9.17, 15) is 0 Å². The second kappa shape index (κ2) is 13.8.